The summed E-state index contributed by atoms with van der Waals surface area (Å²) < 4.78 is 1.06. The van der Waals surface area contributed by atoms with E-state index in [1.165, 1.54) is 17.4 Å². The predicted molar refractivity (Wildman–Crippen MR) is 106 cm³/mol. The highest BCUT2D eigenvalue weighted by Crippen LogP contribution is 2.29. The van der Waals surface area contributed by atoms with E-state index in [9.17, 15) is 9.59 Å². The number of aromatic carboxylic acids is 1. The first-order valence-corrected chi connectivity index (χ1v) is 9.28. The number of hydrogen-bond acceptors (Lipinski definition) is 4. The van der Waals surface area contributed by atoms with Crippen molar-refractivity contribution in [3.63, 3.8) is 0 Å². The minimum Gasteiger partial charge on any atom is -0.478 e. The molecule has 4 aromatic rings. The Balaban J connectivity index is 1.47. The summed E-state index contributed by atoms with van der Waals surface area (Å²) in [6, 6.07) is 18.7. The topological polar surface area (TPSA) is 79.3 Å². The van der Waals surface area contributed by atoms with Gasteiger partial charge in [0.1, 0.15) is 5.01 Å². The number of thiazole rings is 1. The van der Waals surface area contributed by atoms with Gasteiger partial charge in [-0.15, -0.1) is 11.3 Å². The van der Waals surface area contributed by atoms with Crippen molar-refractivity contribution in [2.75, 3.05) is 0 Å². The zero-order valence-electron chi connectivity index (χ0n) is 14.3. The third-order valence-electron chi connectivity index (χ3n) is 4.30. The van der Waals surface area contributed by atoms with Crippen LogP contribution in [0.25, 0.3) is 21.0 Å². The van der Waals surface area contributed by atoms with Crippen LogP contribution in [0.3, 0.4) is 0 Å². The molecular formula is C21H16N2O3S. The van der Waals surface area contributed by atoms with E-state index in [0.717, 1.165) is 31.6 Å². The van der Waals surface area contributed by atoms with Crippen LogP contribution in [0, 0.1) is 0 Å². The molecule has 1 heterocycles. The van der Waals surface area contributed by atoms with Gasteiger partial charge < -0.3 is 10.4 Å². The maximum atomic E-state index is 12.3. The average Bonchev–Trinajstić information content (AvgIpc) is 3.09. The lowest BCUT2D eigenvalue weighted by Crippen LogP contribution is -2.24. The predicted octanol–water partition coefficient (Wildman–Crippen LogP) is 4.01. The summed E-state index contributed by atoms with van der Waals surface area (Å²) in [6.45, 7) is 0.285. The number of carbonyl (C=O) groups is 2. The maximum Gasteiger partial charge on any atom is 0.335 e. The Hall–Kier alpha value is -3.25. The van der Waals surface area contributed by atoms with E-state index in [4.69, 9.17) is 5.11 Å². The molecule has 0 saturated heterocycles. The number of carboxylic acids is 1. The van der Waals surface area contributed by atoms with Crippen LogP contribution in [0.2, 0.25) is 0 Å². The zero-order valence-corrected chi connectivity index (χ0v) is 15.1. The van der Waals surface area contributed by atoms with Gasteiger partial charge in [0.25, 0.3) is 0 Å². The van der Waals surface area contributed by atoms with E-state index in [1.54, 1.807) is 18.2 Å². The number of hydrogen-bond donors (Lipinski definition) is 2. The highest BCUT2D eigenvalue weighted by molar-refractivity contribution is 7.18. The second-order valence-electron chi connectivity index (χ2n) is 6.20. The summed E-state index contributed by atoms with van der Waals surface area (Å²) in [6.07, 6.45) is 0.201. The summed E-state index contributed by atoms with van der Waals surface area (Å²) in [7, 11) is 0. The Morgan fingerprint density at radius 1 is 1.04 bits per heavy atom. The van der Waals surface area contributed by atoms with Gasteiger partial charge in [-0.1, -0.05) is 42.5 Å². The molecule has 0 saturated carbocycles. The van der Waals surface area contributed by atoms with E-state index in [-0.39, 0.29) is 24.4 Å². The molecule has 134 valence electrons. The van der Waals surface area contributed by atoms with Gasteiger partial charge in [0, 0.05) is 11.9 Å². The fourth-order valence-electron chi connectivity index (χ4n) is 3.00. The normalized spacial score (nSPS) is 11.0. The van der Waals surface area contributed by atoms with E-state index in [2.05, 4.69) is 16.4 Å². The molecule has 0 bridgehead atoms. The minimum absolute atomic E-state index is 0.140. The molecule has 5 nitrogen and oxygen atoms in total. The van der Waals surface area contributed by atoms with Crippen molar-refractivity contribution in [1.82, 2.24) is 10.3 Å². The molecule has 6 heteroatoms. The van der Waals surface area contributed by atoms with E-state index < -0.39 is 5.97 Å². The van der Waals surface area contributed by atoms with Gasteiger partial charge in [0.15, 0.2) is 0 Å². The van der Waals surface area contributed by atoms with Crippen LogP contribution < -0.4 is 5.32 Å². The number of fused-ring (bicyclic) bond motifs is 3. The van der Waals surface area contributed by atoms with E-state index in [1.807, 2.05) is 30.3 Å². The molecule has 0 atom stereocenters. The standard InChI is InChI=1S/C21H16N2O3S/c24-18(22-12-13-4-3-6-15(10-13)21(25)26)11-19-23-20-16-7-2-1-5-14(16)8-9-17(20)27-19/h1-10H,11-12H2,(H,22,24)(H,25,26). The van der Waals surface area contributed by atoms with Crippen LogP contribution in [0.15, 0.2) is 60.7 Å². The van der Waals surface area contributed by atoms with Crippen molar-refractivity contribution in [2.45, 2.75) is 13.0 Å². The fourth-order valence-corrected chi connectivity index (χ4v) is 3.98. The molecule has 3 aromatic carbocycles. The maximum absolute atomic E-state index is 12.3. The van der Waals surface area contributed by atoms with Crippen molar-refractivity contribution in [3.8, 4) is 0 Å². The van der Waals surface area contributed by atoms with Gasteiger partial charge >= 0.3 is 5.97 Å². The Labute approximate surface area is 159 Å². The Bertz CT molecular complexity index is 1170. The molecule has 0 radical (unpaired) electrons. The van der Waals surface area contributed by atoms with Crippen LogP contribution in [0.4, 0.5) is 0 Å². The monoisotopic (exact) mass is 376 g/mol. The molecule has 0 spiro atoms. The smallest absolute Gasteiger partial charge is 0.335 e. The second-order valence-corrected chi connectivity index (χ2v) is 7.32. The van der Waals surface area contributed by atoms with Crippen molar-refractivity contribution < 1.29 is 14.7 Å². The first kappa shape index (κ1) is 17.2. The van der Waals surface area contributed by atoms with Crippen LogP contribution in [0.1, 0.15) is 20.9 Å². The number of benzene rings is 3. The summed E-state index contributed by atoms with van der Waals surface area (Å²) in [4.78, 5) is 28.0. The summed E-state index contributed by atoms with van der Waals surface area (Å²) in [5.74, 6) is -1.12. The lowest BCUT2D eigenvalue weighted by molar-refractivity contribution is -0.120. The van der Waals surface area contributed by atoms with Gasteiger partial charge in [0.05, 0.1) is 22.2 Å². The van der Waals surface area contributed by atoms with Gasteiger partial charge in [-0.2, -0.15) is 0 Å². The Morgan fingerprint density at radius 3 is 2.74 bits per heavy atom. The SMILES string of the molecule is O=C(Cc1nc2c(ccc3ccccc32)s1)NCc1cccc(C(=O)O)c1. The summed E-state index contributed by atoms with van der Waals surface area (Å²) in [5, 5.41) is 14.8. The number of aromatic nitrogens is 1. The molecule has 0 aliphatic rings. The minimum atomic E-state index is -0.982. The lowest BCUT2D eigenvalue weighted by Gasteiger charge is -2.05. The number of rotatable bonds is 5. The number of carbonyl (C=O) groups excluding carboxylic acids is 1. The van der Waals surface area contributed by atoms with Crippen molar-refractivity contribution in [1.29, 1.82) is 0 Å². The van der Waals surface area contributed by atoms with Crippen molar-refractivity contribution >= 4 is 44.2 Å². The molecule has 1 amide bonds. The lowest BCUT2D eigenvalue weighted by atomic mass is 10.1. The number of nitrogens with zero attached hydrogens (tertiary/aromatic N) is 1. The molecule has 0 aliphatic carbocycles. The van der Waals surface area contributed by atoms with Crippen LogP contribution in [0.5, 0.6) is 0 Å². The molecule has 0 aliphatic heterocycles. The third-order valence-corrected chi connectivity index (χ3v) is 5.32. The zero-order chi connectivity index (χ0) is 18.8. The van der Waals surface area contributed by atoms with Crippen LogP contribution in [-0.2, 0) is 17.8 Å². The van der Waals surface area contributed by atoms with E-state index >= 15 is 0 Å². The van der Waals surface area contributed by atoms with Crippen LogP contribution in [-0.4, -0.2) is 22.0 Å². The Morgan fingerprint density at radius 2 is 1.89 bits per heavy atom. The highest BCUT2D eigenvalue weighted by Gasteiger charge is 2.11. The first-order chi connectivity index (χ1) is 13.1. The average molecular weight is 376 g/mol. The highest BCUT2D eigenvalue weighted by atomic mass is 32.1. The van der Waals surface area contributed by atoms with Crippen molar-refractivity contribution in [3.05, 3.63) is 76.8 Å². The Kier molecular flexibility index (Phi) is 4.56. The molecular weight excluding hydrogens is 360 g/mol. The molecule has 0 fully saturated rings. The van der Waals surface area contributed by atoms with Gasteiger partial charge in [-0.3, -0.25) is 4.79 Å². The molecule has 27 heavy (non-hydrogen) atoms. The second kappa shape index (κ2) is 7.17. The van der Waals surface area contributed by atoms with E-state index in [0.29, 0.717) is 0 Å². The molecule has 0 unspecified atom stereocenters. The molecule has 4 rings (SSSR count). The quantitative estimate of drug-likeness (QED) is 0.552. The molecule has 2 N–H and O–H groups in total. The number of amides is 1. The summed E-state index contributed by atoms with van der Waals surface area (Å²) >= 11 is 1.52. The fraction of sp³-hybridized carbons (Fsp3) is 0.0952. The van der Waals surface area contributed by atoms with Crippen LogP contribution >= 0.6 is 11.3 Å². The molecule has 1 aromatic heterocycles. The van der Waals surface area contributed by atoms with Crippen molar-refractivity contribution in [2.24, 2.45) is 0 Å². The first-order valence-electron chi connectivity index (χ1n) is 8.46. The largest absolute Gasteiger partial charge is 0.478 e. The van der Waals surface area contributed by atoms with Gasteiger partial charge in [-0.05, 0) is 29.1 Å². The van der Waals surface area contributed by atoms with Gasteiger partial charge in [-0.25, -0.2) is 9.78 Å². The number of nitrogens with one attached hydrogen (secondary N) is 1. The van der Waals surface area contributed by atoms with Gasteiger partial charge in [0.2, 0.25) is 5.91 Å². The summed E-state index contributed by atoms with van der Waals surface area (Å²) in [5.41, 5.74) is 1.88. The third kappa shape index (κ3) is 3.66. The number of carboxylic acid groups (broad SMARTS) is 1.